The monoisotopic (exact) mass is 305 g/mol. The molecular weight excluding hydrogens is 290 g/mol. The molecule has 0 saturated heterocycles. The van der Waals surface area contributed by atoms with E-state index in [2.05, 4.69) is 10.0 Å². The van der Waals surface area contributed by atoms with Crippen LogP contribution < -0.4 is 10.0 Å². The first-order valence-electron chi connectivity index (χ1n) is 5.48. The second-order valence-electron chi connectivity index (χ2n) is 3.94. The van der Waals surface area contributed by atoms with Gasteiger partial charge in [-0.05, 0) is 13.1 Å². The number of aromatic nitrogens is 1. The number of aliphatic carboxylic acids is 1. The van der Waals surface area contributed by atoms with E-state index in [-0.39, 0.29) is 10.6 Å². The van der Waals surface area contributed by atoms with Gasteiger partial charge < -0.3 is 20.1 Å². The van der Waals surface area contributed by atoms with Crippen LogP contribution in [0.2, 0.25) is 0 Å². The van der Waals surface area contributed by atoms with Crippen molar-refractivity contribution in [1.29, 1.82) is 0 Å². The quantitative estimate of drug-likeness (QED) is 0.485. The number of sulfonamides is 1. The van der Waals surface area contributed by atoms with Gasteiger partial charge in [-0.2, -0.15) is 0 Å². The Labute approximate surface area is 115 Å². The summed E-state index contributed by atoms with van der Waals surface area (Å²) in [6, 6.07) is 1.15. The van der Waals surface area contributed by atoms with Crippen LogP contribution in [0.5, 0.6) is 0 Å². The van der Waals surface area contributed by atoms with E-state index in [0.717, 1.165) is 6.07 Å². The minimum Gasteiger partial charge on any atom is -0.479 e. The number of nitrogens with zero attached hydrogens (tertiary/aromatic N) is 1. The van der Waals surface area contributed by atoms with Crippen LogP contribution in [0.4, 0.5) is 0 Å². The van der Waals surface area contributed by atoms with Crippen molar-refractivity contribution in [2.45, 2.75) is 11.0 Å². The molecule has 1 amide bonds. The predicted octanol–water partition coefficient (Wildman–Crippen LogP) is -1.89. The number of nitrogens with one attached hydrogen (secondary N) is 2. The van der Waals surface area contributed by atoms with Gasteiger partial charge in [0.05, 0.1) is 6.54 Å². The molecule has 0 saturated carbocycles. The van der Waals surface area contributed by atoms with E-state index in [1.807, 2.05) is 0 Å². The summed E-state index contributed by atoms with van der Waals surface area (Å²) < 4.78 is 26.5. The molecule has 0 fully saturated rings. The largest absolute Gasteiger partial charge is 0.479 e. The lowest BCUT2D eigenvalue weighted by molar-refractivity contribution is -0.146. The zero-order chi connectivity index (χ0) is 15.5. The maximum Gasteiger partial charge on any atom is 0.334 e. The average Bonchev–Trinajstić information content (AvgIpc) is 2.78. The highest BCUT2D eigenvalue weighted by atomic mass is 32.2. The maximum absolute atomic E-state index is 11.8. The molecule has 1 heterocycles. The van der Waals surface area contributed by atoms with E-state index in [1.54, 1.807) is 0 Å². The zero-order valence-corrected chi connectivity index (χ0v) is 11.6. The summed E-state index contributed by atoms with van der Waals surface area (Å²) in [5.41, 5.74) is 0.0245. The molecule has 20 heavy (non-hydrogen) atoms. The third-order valence-electron chi connectivity index (χ3n) is 2.53. The summed E-state index contributed by atoms with van der Waals surface area (Å²) >= 11 is 0. The smallest absolute Gasteiger partial charge is 0.334 e. The number of carboxylic acid groups (broad SMARTS) is 1. The van der Waals surface area contributed by atoms with Crippen LogP contribution in [0.25, 0.3) is 0 Å². The van der Waals surface area contributed by atoms with Gasteiger partial charge in [0.25, 0.3) is 5.91 Å². The summed E-state index contributed by atoms with van der Waals surface area (Å²) in [6.07, 6.45) is -0.478. The average molecular weight is 305 g/mol. The van der Waals surface area contributed by atoms with Crippen molar-refractivity contribution in [3.8, 4) is 0 Å². The first-order chi connectivity index (χ1) is 9.19. The predicted molar refractivity (Wildman–Crippen MR) is 67.6 cm³/mol. The van der Waals surface area contributed by atoms with Crippen molar-refractivity contribution in [2.75, 3.05) is 13.6 Å². The van der Waals surface area contributed by atoms with E-state index in [1.165, 1.54) is 24.9 Å². The van der Waals surface area contributed by atoms with Crippen molar-refractivity contribution in [3.63, 3.8) is 0 Å². The van der Waals surface area contributed by atoms with Gasteiger partial charge in [-0.3, -0.25) is 4.79 Å². The minimum absolute atomic E-state index is 0.0245. The molecule has 0 aliphatic carbocycles. The molecule has 1 rings (SSSR count). The number of amides is 1. The lowest BCUT2D eigenvalue weighted by atomic mass is 10.3. The summed E-state index contributed by atoms with van der Waals surface area (Å²) in [6.45, 7) is -0.479. The first-order valence-corrected chi connectivity index (χ1v) is 6.96. The van der Waals surface area contributed by atoms with Crippen molar-refractivity contribution in [1.82, 2.24) is 14.6 Å². The van der Waals surface area contributed by atoms with Crippen LogP contribution >= 0.6 is 0 Å². The van der Waals surface area contributed by atoms with Gasteiger partial charge in [0, 0.05) is 13.2 Å². The van der Waals surface area contributed by atoms with Crippen molar-refractivity contribution < 1.29 is 28.2 Å². The number of carbonyl (C=O) groups excluding carboxylic acids is 1. The Morgan fingerprint density at radius 1 is 1.45 bits per heavy atom. The van der Waals surface area contributed by atoms with Crippen LogP contribution in [0, 0.1) is 0 Å². The minimum atomic E-state index is -3.67. The van der Waals surface area contributed by atoms with Crippen molar-refractivity contribution in [3.05, 3.63) is 18.0 Å². The Kier molecular flexibility index (Phi) is 4.87. The number of aliphatic hydroxyl groups is 1. The number of aliphatic hydroxyl groups excluding tert-OH is 1. The van der Waals surface area contributed by atoms with Crippen LogP contribution in [-0.4, -0.2) is 54.8 Å². The maximum atomic E-state index is 11.8. The summed E-state index contributed by atoms with van der Waals surface area (Å²) in [7, 11) is -0.962. The van der Waals surface area contributed by atoms with Crippen molar-refractivity contribution in [2.24, 2.45) is 7.05 Å². The number of hydrogen-bond donors (Lipinski definition) is 4. The molecule has 112 valence electrons. The van der Waals surface area contributed by atoms with Crippen LogP contribution in [0.3, 0.4) is 0 Å². The molecule has 1 atom stereocenters. The topological polar surface area (TPSA) is 138 Å². The second-order valence-corrected chi connectivity index (χ2v) is 5.83. The van der Waals surface area contributed by atoms with Gasteiger partial charge in [0.1, 0.15) is 10.6 Å². The molecule has 10 heteroatoms. The molecule has 9 nitrogen and oxygen atoms in total. The summed E-state index contributed by atoms with van der Waals surface area (Å²) in [4.78, 5) is 22.1. The standard InChI is InChI=1S/C10H15N3O6S/c1-11-20(18,19)6-3-7(13(2)5-6)9(15)12-4-8(14)10(16)17/h3,5,8,11,14H,4H2,1-2H3,(H,12,15)(H,16,17)/t8-/m0/s1. The summed E-state index contributed by atoms with van der Waals surface area (Å²) in [5, 5.41) is 19.7. The summed E-state index contributed by atoms with van der Waals surface area (Å²) in [5.74, 6) is -2.15. The molecule has 1 aromatic rings. The van der Waals surface area contributed by atoms with E-state index in [0.29, 0.717) is 0 Å². The molecule has 0 radical (unpaired) electrons. The number of hydrogen-bond acceptors (Lipinski definition) is 5. The Morgan fingerprint density at radius 2 is 2.05 bits per heavy atom. The first kappa shape index (κ1) is 16.1. The molecule has 1 aromatic heterocycles. The van der Waals surface area contributed by atoms with Crippen LogP contribution in [0.1, 0.15) is 10.5 Å². The Bertz CT molecular complexity index is 621. The zero-order valence-electron chi connectivity index (χ0n) is 10.8. The second kappa shape index (κ2) is 6.03. The highest BCUT2D eigenvalue weighted by Gasteiger charge is 2.20. The van der Waals surface area contributed by atoms with Gasteiger partial charge in [-0.25, -0.2) is 17.9 Å². The fourth-order valence-electron chi connectivity index (χ4n) is 1.39. The molecule has 0 aliphatic heterocycles. The third-order valence-corrected chi connectivity index (χ3v) is 3.91. The molecule has 4 N–H and O–H groups in total. The molecule has 0 spiro atoms. The number of carbonyl (C=O) groups is 2. The molecular formula is C10H15N3O6S. The van der Waals surface area contributed by atoms with Gasteiger partial charge in [0.2, 0.25) is 10.0 Å². The van der Waals surface area contributed by atoms with Gasteiger partial charge >= 0.3 is 5.97 Å². The van der Waals surface area contributed by atoms with E-state index < -0.39 is 34.5 Å². The Hall–Kier alpha value is -1.91. The highest BCUT2D eigenvalue weighted by molar-refractivity contribution is 7.89. The lowest BCUT2D eigenvalue weighted by Crippen LogP contribution is -2.37. The van der Waals surface area contributed by atoms with Gasteiger partial charge in [-0.15, -0.1) is 0 Å². The Morgan fingerprint density at radius 3 is 2.55 bits per heavy atom. The van der Waals surface area contributed by atoms with E-state index >= 15 is 0 Å². The number of carboxylic acids is 1. The van der Waals surface area contributed by atoms with Gasteiger partial charge in [-0.1, -0.05) is 0 Å². The van der Waals surface area contributed by atoms with Crippen LogP contribution in [-0.2, 0) is 21.9 Å². The molecule has 0 bridgehead atoms. The number of aryl methyl sites for hydroxylation is 1. The number of rotatable bonds is 6. The fraction of sp³-hybridized carbons (Fsp3) is 0.400. The van der Waals surface area contributed by atoms with E-state index in [9.17, 15) is 18.0 Å². The van der Waals surface area contributed by atoms with Crippen molar-refractivity contribution >= 4 is 21.9 Å². The SMILES string of the molecule is CNS(=O)(=O)c1cc(C(=O)NC[C@H](O)C(=O)O)n(C)c1. The lowest BCUT2D eigenvalue weighted by Gasteiger charge is -2.07. The molecule has 0 aromatic carbocycles. The normalized spacial score (nSPS) is 12.9. The molecule has 0 aliphatic rings. The van der Waals surface area contributed by atoms with E-state index in [4.69, 9.17) is 10.2 Å². The van der Waals surface area contributed by atoms with Gasteiger partial charge in [0.15, 0.2) is 6.10 Å². The van der Waals surface area contributed by atoms with Crippen LogP contribution in [0.15, 0.2) is 17.2 Å². The fourth-order valence-corrected chi connectivity index (χ4v) is 2.19. The third kappa shape index (κ3) is 3.56. The Balaban J connectivity index is 2.88. The molecule has 0 unspecified atom stereocenters. The highest BCUT2D eigenvalue weighted by Crippen LogP contribution is 2.12.